The maximum Gasteiger partial charge on any atom is 0.647 e. The van der Waals surface area contributed by atoms with Gasteiger partial charge in [-0.1, -0.05) is 91.0 Å². The Kier molecular flexibility index (Phi) is 10.3. The van der Waals surface area contributed by atoms with E-state index in [4.69, 9.17) is 13.6 Å². The number of carbonyl (C=O) groups excluding carboxylic acids is 3. The number of para-hydroxylation sites is 6. The van der Waals surface area contributed by atoms with Gasteiger partial charge in [0.25, 0.3) is 17.7 Å². The van der Waals surface area contributed by atoms with Gasteiger partial charge >= 0.3 is 7.82 Å². The highest BCUT2D eigenvalue weighted by Gasteiger charge is 2.37. The minimum atomic E-state index is -4.87. The van der Waals surface area contributed by atoms with Crippen LogP contribution in [0, 0.1) is 0 Å². The van der Waals surface area contributed by atoms with Gasteiger partial charge in [-0.3, -0.25) is 14.4 Å². The topological polar surface area (TPSA) is 132 Å². The lowest BCUT2D eigenvalue weighted by atomic mass is 10.2. The Morgan fingerprint density at radius 3 is 0.880 bits per heavy atom. The van der Waals surface area contributed by atoms with E-state index in [-0.39, 0.29) is 33.9 Å². The van der Waals surface area contributed by atoms with Crippen LogP contribution in [0.2, 0.25) is 0 Å². The second-order valence-electron chi connectivity index (χ2n) is 10.7. The lowest BCUT2D eigenvalue weighted by Gasteiger charge is -2.22. The number of benzene rings is 6. The third kappa shape index (κ3) is 8.44. The molecule has 0 spiro atoms. The van der Waals surface area contributed by atoms with E-state index >= 15 is 0 Å². The summed E-state index contributed by atoms with van der Waals surface area (Å²) in [5.74, 6) is -2.07. The zero-order valence-corrected chi connectivity index (χ0v) is 27.3. The van der Waals surface area contributed by atoms with Crippen molar-refractivity contribution in [1.82, 2.24) is 0 Å². The lowest BCUT2D eigenvalue weighted by Crippen LogP contribution is -2.18. The highest BCUT2D eigenvalue weighted by molar-refractivity contribution is 7.49. The van der Waals surface area contributed by atoms with Crippen LogP contribution >= 0.6 is 7.82 Å². The van der Waals surface area contributed by atoms with Crippen LogP contribution in [0.4, 0.5) is 17.1 Å². The molecule has 248 valence electrons. The Bertz CT molecular complexity index is 1920. The van der Waals surface area contributed by atoms with Crippen molar-refractivity contribution in [2.24, 2.45) is 0 Å². The van der Waals surface area contributed by atoms with Gasteiger partial charge in [0.1, 0.15) is 17.2 Å². The largest absolute Gasteiger partial charge is 0.647 e. The first kappa shape index (κ1) is 33.3. The quantitative estimate of drug-likeness (QED) is 0.110. The van der Waals surface area contributed by atoms with E-state index in [9.17, 15) is 18.9 Å². The van der Waals surface area contributed by atoms with Crippen molar-refractivity contribution in [2.75, 3.05) is 16.0 Å². The van der Waals surface area contributed by atoms with E-state index < -0.39 is 25.5 Å². The van der Waals surface area contributed by atoms with Crippen LogP contribution in [0.1, 0.15) is 31.1 Å². The number of anilines is 3. The summed E-state index contributed by atoms with van der Waals surface area (Å²) in [5.41, 5.74) is 1.65. The van der Waals surface area contributed by atoms with E-state index in [1.807, 2.05) is 18.2 Å². The number of nitrogens with one attached hydrogen (secondary N) is 3. The van der Waals surface area contributed by atoms with Gasteiger partial charge < -0.3 is 29.5 Å². The van der Waals surface area contributed by atoms with E-state index in [1.165, 1.54) is 36.4 Å². The molecule has 0 heterocycles. The zero-order valence-electron chi connectivity index (χ0n) is 26.4. The van der Waals surface area contributed by atoms with Crippen molar-refractivity contribution in [3.8, 4) is 17.2 Å². The third-order valence-corrected chi connectivity index (χ3v) is 8.38. The molecule has 0 saturated carbocycles. The highest BCUT2D eigenvalue weighted by Crippen LogP contribution is 2.51. The fourth-order valence-corrected chi connectivity index (χ4v) is 6.09. The summed E-state index contributed by atoms with van der Waals surface area (Å²) in [7, 11) is -4.87. The smallest absolute Gasteiger partial charge is 0.385 e. The van der Waals surface area contributed by atoms with Gasteiger partial charge in [0.15, 0.2) is 0 Å². The van der Waals surface area contributed by atoms with Crippen LogP contribution in [0.5, 0.6) is 17.2 Å². The van der Waals surface area contributed by atoms with Crippen molar-refractivity contribution >= 4 is 42.6 Å². The number of rotatable bonds is 12. The Morgan fingerprint density at radius 2 is 0.600 bits per heavy atom. The predicted molar refractivity (Wildman–Crippen MR) is 192 cm³/mol. The van der Waals surface area contributed by atoms with E-state index in [2.05, 4.69) is 16.0 Å². The van der Waals surface area contributed by atoms with Crippen LogP contribution in [-0.2, 0) is 4.57 Å². The van der Waals surface area contributed by atoms with Crippen LogP contribution in [0.3, 0.4) is 0 Å². The molecule has 0 aliphatic carbocycles. The number of carbonyl (C=O) groups is 3. The zero-order chi connectivity index (χ0) is 34.8. The Hall–Kier alpha value is -6.64. The molecule has 11 heteroatoms. The summed E-state index contributed by atoms with van der Waals surface area (Å²) < 4.78 is 32.8. The number of amides is 3. The molecule has 0 radical (unpaired) electrons. The molecular weight excluding hydrogens is 653 g/mol. The normalized spacial score (nSPS) is 10.7. The van der Waals surface area contributed by atoms with Crippen molar-refractivity contribution in [3.63, 3.8) is 0 Å². The molecule has 0 atom stereocenters. The molecule has 0 aliphatic rings. The van der Waals surface area contributed by atoms with E-state index in [0.29, 0.717) is 17.1 Å². The highest BCUT2D eigenvalue weighted by atomic mass is 31.2. The fourth-order valence-electron chi connectivity index (χ4n) is 4.78. The summed E-state index contributed by atoms with van der Waals surface area (Å²) in [5, 5.41) is 8.35. The lowest BCUT2D eigenvalue weighted by molar-refractivity contribution is 0.101. The molecule has 0 aromatic heterocycles. The Balaban J connectivity index is 1.36. The number of phosphoric acid groups is 1. The van der Waals surface area contributed by atoms with E-state index in [0.717, 1.165) is 0 Å². The SMILES string of the molecule is O=C(Nc1ccccc1)c1ccccc1OP(=O)(Oc1ccccc1C(=O)Nc1ccccc1)Oc1ccccc1C(=O)Nc1ccccc1. The van der Waals surface area contributed by atoms with Crippen LogP contribution in [-0.4, -0.2) is 17.7 Å². The molecule has 3 N–H and O–H groups in total. The monoisotopic (exact) mass is 683 g/mol. The molecule has 0 unspecified atom stereocenters. The summed E-state index contributed by atoms with van der Waals surface area (Å²) in [6.07, 6.45) is 0. The number of hydrogen-bond donors (Lipinski definition) is 3. The minimum absolute atomic E-state index is 0.0222. The average Bonchev–Trinajstić information content (AvgIpc) is 3.13. The molecule has 10 nitrogen and oxygen atoms in total. The van der Waals surface area contributed by atoms with Crippen LogP contribution in [0.15, 0.2) is 164 Å². The third-order valence-electron chi connectivity index (χ3n) is 7.12. The van der Waals surface area contributed by atoms with Gasteiger partial charge in [0, 0.05) is 17.1 Å². The molecule has 50 heavy (non-hydrogen) atoms. The average molecular weight is 684 g/mol. The first-order chi connectivity index (χ1) is 24.4. The molecule has 6 aromatic rings. The molecule has 0 aliphatic heterocycles. The maximum atomic E-state index is 14.9. The first-order valence-electron chi connectivity index (χ1n) is 15.4. The molecule has 6 aromatic carbocycles. The van der Waals surface area contributed by atoms with Gasteiger partial charge in [-0.2, -0.15) is 4.57 Å². The molecule has 3 amide bonds. The first-order valence-corrected chi connectivity index (χ1v) is 16.9. The Labute approximate surface area is 288 Å². The minimum Gasteiger partial charge on any atom is -0.385 e. The van der Waals surface area contributed by atoms with E-state index in [1.54, 1.807) is 109 Å². The summed E-state index contributed by atoms with van der Waals surface area (Å²) in [6.45, 7) is 0. The van der Waals surface area contributed by atoms with Crippen molar-refractivity contribution in [1.29, 1.82) is 0 Å². The summed E-state index contributed by atoms with van der Waals surface area (Å²) in [4.78, 5) is 40.2. The van der Waals surface area contributed by atoms with Crippen LogP contribution in [0.25, 0.3) is 0 Å². The summed E-state index contributed by atoms with van der Waals surface area (Å²) in [6, 6.07) is 44.7. The predicted octanol–water partition coefficient (Wildman–Crippen LogP) is 9.09. The maximum absolute atomic E-state index is 14.9. The van der Waals surface area contributed by atoms with Crippen LogP contribution < -0.4 is 29.5 Å². The molecule has 0 saturated heterocycles. The second-order valence-corrected chi connectivity index (χ2v) is 12.1. The molecular formula is C39H30N3O7P. The number of hydrogen-bond acceptors (Lipinski definition) is 7. The molecule has 6 rings (SSSR count). The van der Waals surface area contributed by atoms with Gasteiger partial charge in [-0.05, 0) is 72.8 Å². The van der Waals surface area contributed by atoms with Gasteiger partial charge in [-0.15, -0.1) is 0 Å². The van der Waals surface area contributed by atoms with Gasteiger partial charge in [0.05, 0.1) is 16.7 Å². The van der Waals surface area contributed by atoms with Crippen molar-refractivity contribution < 1.29 is 32.5 Å². The van der Waals surface area contributed by atoms with Gasteiger partial charge in [-0.25, -0.2) is 0 Å². The second kappa shape index (κ2) is 15.5. The molecule has 0 bridgehead atoms. The van der Waals surface area contributed by atoms with Gasteiger partial charge in [0.2, 0.25) is 0 Å². The Morgan fingerprint density at radius 1 is 0.360 bits per heavy atom. The number of phosphoric ester groups is 1. The fraction of sp³-hybridized carbons (Fsp3) is 0. The van der Waals surface area contributed by atoms with Crippen molar-refractivity contribution in [2.45, 2.75) is 0 Å². The standard InChI is InChI=1S/C39H30N3O7P/c43-37(40-28-16-4-1-5-17-28)31-22-10-13-25-34(31)47-50(46,48-35-26-14-11-23-32(35)38(44)41-29-18-6-2-7-19-29)49-36-27-15-12-24-33(36)39(45)42-30-20-8-3-9-21-30/h1-27H,(H,40,43)(H,41,44)(H,42,45). The summed E-state index contributed by atoms with van der Waals surface area (Å²) >= 11 is 0. The van der Waals surface area contributed by atoms with Crippen molar-refractivity contribution in [3.05, 3.63) is 180 Å². The molecule has 0 fully saturated rings.